The maximum Gasteiger partial charge on any atom is 0.371 e. The van der Waals surface area contributed by atoms with Crippen LogP contribution in [0.1, 0.15) is 21.9 Å². The number of para-hydroxylation sites is 1. The first kappa shape index (κ1) is 11.8. The Balaban J connectivity index is 2.28. The average Bonchev–Trinajstić information content (AvgIpc) is 2.78. The summed E-state index contributed by atoms with van der Waals surface area (Å²) in [4.78, 5) is 21.0. The van der Waals surface area contributed by atoms with E-state index in [9.17, 15) is 14.9 Å². The lowest BCUT2D eigenvalue weighted by Crippen LogP contribution is -1.96. The molecule has 1 heterocycles. The molecule has 0 radical (unpaired) electrons. The van der Waals surface area contributed by atoms with E-state index in [4.69, 9.17) is 9.52 Å². The normalized spacial score (nSPS) is 10.2. The quantitative estimate of drug-likeness (QED) is 0.661. The Morgan fingerprint density at radius 3 is 2.61 bits per heavy atom. The van der Waals surface area contributed by atoms with Gasteiger partial charge in [0, 0.05) is 18.1 Å². The number of carboxylic acid groups (broad SMARTS) is 1. The van der Waals surface area contributed by atoms with Crippen molar-refractivity contribution in [1.29, 1.82) is 0 Å². The van der Waals surface area contributed by atoms with Gasteiger partial charge in [-0.25, -0.2) is 4.79 Å². The molecule has 0 saturated heterocycles. The summed E-state index contributed by atoms with van der Waals surface area (Å²) in [5.41, 5.74) is 0.472. The molecule has 0 aliphatic rings. The number of rotatable bonds is 4. The molecule has 0 aliphatic carbocycles. The maximum absolute atomic E-state index is 10.8. The standard InChI is InChI=1S/C12H9NO5/c14-12(15)11-6-5-9(18-11)7-8-3-1-2-4-10(8)13(16)17/h1-6H,7H2,(H,14,15). The molecule has 6 nitrogen and oxygen atoms in total. The number of benzene rings is 1. The van der Waals surface area contributed by atoms with Crippen molar-refractivity contribution in [2.75, 3.05) is 0 Å². The maximum atomic E-state index is 10.8. The van der Waals surface area contributed by atoms with Crippen LogP contribution in [0.2, 0.25) is 0 Å². The van der Waals surface area contributed by atoms with Crippen LogP contribution in [0.25, 0.3) is 0 Å². The van der Waals surface area contributed by atoms with Crippen LogP contribution < -0.4 is 0 Å². The number of carbonyl (C=O) groups is 1. The molecule has 1 aromatic heterocycles. The highest BCUT2D eigenvalue weighted by atomic mass is 16.6. The summed E-state index contributed by atoms with van der Waals surface area (Å²) in [6, 6.07) is 9.10. The van der Waals surface area contributed by atoms with Crippen LogP contribution >= 0.6 is 0 Å². The zero-order valence-corrected chi connectivity index (χ0v) is 9.20. The molecule has 2 rings (SSSR count). The molecule has 0 unspecified atom stereocenters. The molecule has 6 heteroatoms. The number of hydrogen-bond donors (Lipinski definition) is 1. The second-order valence-corrected chi connectivity index (χ2v) is 3.63. The fourth-order valence-electron chi connectivity index (χ4n) is 1.61. The van der Waals surface area contributed by atoms with Crippen LogP contribution in [0, 0.1) is 10.1 Å². The summed E-state index contributed by atoms with van der Waals surface area (Å²) in [6.07, 6.45) is 0.185. The summed E-state index contributed by atoms with van der Waals surface area (Å²) >= 11 is 0. The molecule has 18 heavy (non-hydrogen) atoms. The lowest BCUT2D eigenvalue weighted by Gasteiger charge is -2.00. The predicted octanol–water partition coefficient (Wildman–Crippen LogP) is 2.48. The smallest absolute Gasteiger partial charge is 0.371 e. The number of nitro benzene ring substituents is 1. The highest BCUT2D eigenvalue weighted by Gasteiger charge is 2.15. The fraction of sp³-hybridized carbons (Fsp3) is 0.0833. The van der Waals surface area contributed by atoms with Gasteiger partial charge in [0.15, 0.2) is 0 Å². The Kier molecular flexibility index (Phi) is 3.09. The van der Waals surface area contributed by atoms with Crippen molar-refractivity contribution in [3.05, 3.63) is 63.6 Å². The average molecular weight is 247 g/mol. The largest absolute Gasteiger partial charge is 0.475 e. The van der Waals surface area contributed by atoms with Gasteiger partial charge in [0.25, 0.3) is 5.69 Å². The van der Waals surface area contributed by atoms with Gasteiger partial charge in [0.1, 0.15) is 5.76 Å². The van der Waals surface area contributed by atoms with E-state index in [0.717, 1.165) is 0 Å². The van der Waals surface area contributed by atoms with Crippen LogP contribution in [0.4, 0.5) is 5.69 Å². The van der Waals surface area contributed by atoms with Crippen molar-refractivity contribution in [3.63, 3.8) is 0 Å². The second kappa shape index (κ2) is 4.70. The van der Waals surface area contributed by atoms with Gasteiger partial charge in [-0.3, -0.25) is 10.1 Å². The van der Waals surface area contributed by atoms with Crippen LogP contribution in [-0.4, -0.2) is 16.0 Å². The summed E-state index contributed by atoms with van der Waals surface area (Å²) in [5, 5.41) is 19.5. The summed E-state index contributed by atoms with van der Waals surface area (Å²) < 4.78 is 5.06. The molecule has 0 atom stereocenters. The van der Waals surface area contributed by atoms with E-state index < -0.39 is 10.9 Å². The topological polar surface area (TPSA) is 93.6 Å². The minimum atomic E-state index is -1.16. The zero-order valence-electron chi connectivity index (χ0n) is 9.20. The third-order valence-corrected chi connectivity index (χ3v) is 2.43. The second-order valence-electron chi connectivity index (χ2n) is 3.63. The number of carboxylic acids is 1. The van der Waals surface area contributed by atoms with Crippen molar-refractivity contribution in [1.82, 2.24) is 0 Å². The van der Waals surface area contributed by atoms with E-state index >= 15 is 0 Å². The van der Waals surface area contributed by atoms with Gasteiger partial charge < -0.3 is 9.52 Å². The van der Waals surface area contributed by atoms with Gasteiger partial charge in [0.05, 0.1) is 4.92 Å². The van der Waals surface area contributed by atoms with Gasteiger partial charge in [-0.15, -0.1) is 0 Å². The number of nitrogens with zero attached hydrogens (tertiary/aromatic N) is 1. The minimum Gasteiger partial charge on any atom is -0.475 e. The molecule has 0 aliphatic heterocycles. The summed E-state index contributed by atoms with van der Waals surface area (Å²) in [5.74, 6) is -0.964. The van der Waals surface area contributed by atoms with Crippen LogP contribution in [0.5, 0.6) is 0 Å². The molecule has 92 valence electrons. The molecular weight excluding hydrogens is 238 g/mol. The van der Waals surface area contributed by atoms with Crippen LogP contribution in [0.15, 0.2) is 40.8 Å². The summed E-state index contributed by atoms with van der Waals surface area (Å²) in [7, 11) is 0. The van der Waals surface area contributed by atoms with Crippen molar-refractivity contribution < 1.29 is 19.2 Å². The van der Waals surface area contributed by atoms with E-state index in [1.165, 1.54) is 18.2 Å². The molecule has 0 bridgehead atoms. The Labute approximate surface area is 102 Å². The van der Waals surface area contributed by atoms with Gasteiger partial charge in [0.2, 0.25) is 5.76 Å². The molecule has 1 aromatic carbocycles. The Morgan fingerprint density at radius 1 is 1.28 bits per heavy atom. The van der Waals surface area contributed by atoms with Gasteiger partial charge in [-0.05, 0) is 12.1 Å². The SMILES string of the molecule is O=C(O)c1ccc(Cc2ccccc2[N+](=O)[O-])o1. The molecule has 0 fully saturated rings. The molecule has 2 aromatic rings. The summed E-state index contributed by atoms with van der Waals surface area (Å²) in [6.45, 7) is 0. The number of aromatic carboxylic acids is 1. The lowest BCUT2D eigenvalue weighted by molar-refractivity contribution is -0.385. The third-order valence-electron chi connectivity index (χ3n) is 2.43. The lowest BCUT2D eigenvalue weighted by atomic mass is 10.1. The van der Waals surface area contributed by atoms with E-state index in [1.807, 2.05) is 0 Å². The Hall–Kier alpha value is -2.63. The molecular formula is C12H9NO5. The van der Waals surface area contributed by atoms with Gasteiger partial charge in [-0.2, -0.15) is 0 Å². The minimum absolute atomic E-state index is 0.00854. The fourth-order valence-corrected chi connectivity index (χ4v) is 1.61. The van der Waals surface area contributed by atoms with Crippen LogP contribution in [0.3, 0.4) is 0 Å². The predicted molar refractivity (Wildman–Crippen MR) is 61.6 cm³/mol. The highest BCUT2D eigenvalue weighted by Crippen LogP contribution is 2.22. The Bertz CT molecular complexity index is 602. The number of hydrogen-bond acceptors (Lipinski definition) is 4. The Morgan fingerprint density at radius 2 is 2.00 bits per heavy atom. The first-order valence-electron chi connectivity index (χ1n) is 5.12. The molecule has 0 amide bonds. The highest BCUT2D eigenvalue weighted by molar-refractivity contribution is 5.84. The van der Waals surface area contributed by atoms with Gasteiger partial charge >= 0.3 is 5.97 Å². The first-order chi connectivity index (χ1) is 8.58. The third kappa shape index (κ3) is 2.37. The zero-order chi connectivity index (χ0) is 13.1. The monoisotopic (exact) mass is 247 g/mol. The van der Waals surface area contributed by atoms with E-state index in [-0.39, 0.29) is 17.9 Å². The van der Waals surface area contributed by atoms with E-state index in [2.05, 4.69) is 0 Å². The number of nitro groups is 1. The molecule has 1 N–H and O–H groups in total. The van der Waals surface area contributed by atoms with Crippen molar-refractivity contribution in [2.45, 2.75) is 6.42 Å². The first-order valence-corrected chi connectivity index (χ1v) is 5.12. The number of furan rings is 1. The van der Waals surface area contributed by atoms with Crippen molar-refractivity contribution in [2.24, 2.45) is 0 Å². The van der Waals surface area contributed by atoms with Crippen molar-refractivity contribution in [3.8, 4) is 0 Å². The van der Waals surface area contributed by atoms with Crippen LogP contribution in [-0.2, 0) is 6.42 Å². The molecule has 0 spiro atoms. The van der Waals surface area contributed by atoms with Crippen molar-refractivity contribution >= 4 is 11.7 Å². The van der Waals surface area contributed by atoms with E-state index in [1.54, 1.807) is 18.2 Å². The van der Waals surface area contributed by atoms with Gasteiger partial charge in [-0.1, -0.05) is 18.2 Å². The van der Waals surface area contributed by atoms with E-state index in [0.29, 0.717) is 11.3 Å². The molecule has 0 saturated carbocycles.